The molecule has 0 radical (unpaired) electrons. The molecular weight excluding hydrogens is 433 g/mol. The minimum atomic E-state index is -3.76. The summed E-state index contributed by atoms with van der Waals surface area (Å²) in [6.45, 7) is 0. The predicted molar refractivity (Wildman–Crippen MR) is 109 cm³/mol. The lowest BCUT2D eigenvalue weighted by atomic mass is 10.2. The van der Waals surface area contributed by atoms with Gasteiger partial charge in [0.05, 0.1) is 16.8 Å². The van der Waals surface area contributed by atoms with Gasteiger partial charge < -0.3 is 4.18 Å². The number of thioether (sulfide) groups is 1. The Hall–Kier alpha value is -1.94. The zero-order valence-electron chi connectivity index (χ0n) is 13.7. The summed E-state index contributed by atoms with van der Waals surface area (Å²) in [6, 6.07) is 9.70. The van der Waals surface area contributed by atoms with E-state index in [1.165, 1.54) is 53.4 Å². The predicted octanol–water partition coefficient (Wildman–Crippen LogP) is 4.22. The molecule has 5 nitrogen and oxygen atoms in total. The zero-order chi connectivity index (χ0) is 19.8. The van der Waals surface area contributed by atoms with E-state index >= 15 is 0 Å². The molecule has 0 atom stereocenters. The number of rotatable bonds is 4. The van der Waals surface area contributed by atoms with Crippen LogP contribution in [0, 0.1) is 5.82 Å². The number of thiocarbonyl (C=S) groups is 1. The lowest BCUT2D eigenvalue weighted by Crippen LogP contribution is -2.27. The van der Waals surface area contributed by atoms with Crippen LogP contribution < -0.4 is 9.08 Å². The van der Waals surface area contributed by atoms with Crippen LogP contribution in [0.25, 0.3) is 6.08 Å². The highest BCUT2D eigenvalue weighted by atomic mass is 35.5. The van der Waals surface area contributed by atoms with Gasteiger partial charge in [-0.3, -0.25) is 9.69 Å². The van der Waals surface area contributed by atoms with Crippen LogP contribution in [0.4, 0.5) is 10.1 Å². The molecule has 0 N–H and O–H groups in total. The van der Waals surface area contributed by atoms with Gasteiger partial charge in [-0.25, -0.2) is 4.39 Å². The fourth-order valence-corrected chi connectivity index (χ4v) is 4.24. The number of anilines is 1. The van der Waals surface area contributed by atoms with Crippen molar-refractivity contribution < 1.29 is 21.8 Å². The molecule has 27 heavy (non-hydrogen) atoms. The molecule has 3 rings (SSSR count). The number of benzene rings is 2. The lowest BCUT2D eigenvalue weighted by molar-refractivity contribution is -0.113. The van der Waals surface area contributed by atoms with Gasteiger partial charge in [0.2, 0.25) is 0 Å². The number of carbonyl (C=O) groups excluding carboxylic acids is 1. The van der Waals surface area contributed by atoms with Gasteiger partial charge in [-0.15, -0.1) is 0 Å². The summed E-state index contributed by atoms with van der Waals surface area (Å²) in [6.07, 6.45) is 2.37. The van der Waals surface area contributed by atoms with Crippen LogP contribution in [0.5, 0.6) is 5.75 Å². The number of hydrogen-bond acceptors (Lipinski definition) is 6. The SMILES string of the molecule is CS(=O)(=O)Oc1ccc(Cl)cc1/C=C1\SC(=S)N(c2ccc(F)cc2)C1=O. The second kappa shape index (κ2) is 7.59. The summed E-state index contributed by atoms with van der Waals surface area (Å²) >= 11 is 12.3. The van der Waals surface area contributed by atoms with E-state index < -0.39 is 21.8 Å². The van der Waals surface area contributed by atoms with Crippen LogP contribution >= 0.6 is 35.6 Å². The smallest absolute Gasteiger partial charge is 0.306 e. The van der Waals surface area contributed by atoms with E-state index in [1.54, 1.807) is 0 Å². The van der Waals surface area contributed by atoms with E-state index in [2.05, 4.69) is 0 Å². The third kappa shape index (κ3) is 4.67. The second-order valence-corrected chi connectivity index (χ2v) is 9.15. The first-order chi connectivity index (χ1) is 12.6. The van der Waals surface area contributed by atoms with Crippen LogP contribution in [-0.2, 0) is 14.9 Å². The van der Waals surface area contributed by atoms with E-state index in [0.717, 1.165) is 18.0 Å². The first kappa shape index (κ1) is 19.8. The van der Waals surface area contributed by atoms with E-state index in [4.69, 9.17) is 28.0 Å². The fraction of sp³-hybridized carbons (Fsp3) is 0.0588. The number of halogens is 2. The maximum atomic E-state index is 13.1. The average Bonchev–Trinajstić information content (AvgIpc) is 2.84. The van der Waals surface area contributed by atoms with Crippen LogP contribution in [0.3, 0.4) is 0 Å². The van der Waals surface area contributed by atoms with Gasteiger partial charge in [0.1, 0.15) is 11.6 Å². The van der Waals surface area contributed by atoms with Crippen molar-refractivity contribution in [2.24, 2.45) is 0 Å². The zero-order valence-corrected chi connectivity index (χ0v) is 16.9. The van der Waals surface area contributed by atoms with Crippen molar-refractivity contribution in [3.8, 4) is 5.75 Å². The molecule has 0 unspecified atom stereocenters. The molecule has 0 bridgehead atoms. The van der Waals surface area contributed by atoms with E-state index in [-0.39, 0.29) is 15.0 Å². The topological polar surface area (TPSA) is 63.7 Å². The molecular formula is C17H11ClFNO4S3. The standard InChI is InChI=1S/C17H11ClFNO4S3/c1-27(22,23)24-14-7-2-11(18)8-10(14)9-15-16(21)20(17(25)26-15)13-5-3-12(19)4-6-13/h2-9H,1H3/b15-9-. The van der Waals surface area contributed by atoms with Crippen molar-refractivity contribution in [3.05, 3.63) is 63.8 Å². The van der Waals surface area contributed by atoms with Crippen LogP contribution in [-0.4, -0.2) is 24.9 Å². The molecule has 10 heteroatoms. The molecule has 1 aliphatic rings. The molecule has 0 spiro atoms. The highest BCUT2D eigenvalue weighted by molar-refractivity contribution is 8.27. The first-order valence-corrected chi connectivity index (χ1v) is 10.8. The quantitative estimate of drug-likeness (QED) is 0.400. The normalized spacial score (nSPS) is 16.3. The Balaban J connectivity index is 1.99. The molecule has 0 aliphatic carbocycles. The van der Waals surface area contributed by atoms with Gasteiger partial charge in [-0.05, 0) is 48.5 Å². The van der Waals surface area contributed by atoms with Crippen LogP contribution in [0.1, 0.15) is 5.56 Å². The molecule has 1 amide bonds. The third-order valence-corrected chi connectivity index (χ3v) is 5.40. The Morgan fingerprint density at radius 1 is 1.22 bits per heavy atom. The van der Waals surface area contributed by atoms with Crippen LogP contribution in [0.2, 0.25) is 5.02 Å². The Labute approximate surface area is 169 Å². The maximum absolute atomic E-state index is 13.1. The molecule has 1 aliphatic heterocycles. The molecule has 2 aromatic carbocycles. The van der Waals surface area contributed by atoms with Gasteiger partial charge in [0.25, 0.3) is 5.91 Å². The number of hydrogen-bond donors (Lipinski definition) is 0. The molecule has 140 valence electrons. The number of carbonyl (C=O) groups is 1. The number of nitrogens with zero attached hydrogens (tertiary/aromatic N) is 1. The Morgan fingerprint density at radius 3 is 2.52 bits per heavy atom. The van der Waals surface area contributed by atoms with Gasteiger partial charge in [0, 0.05) is 10.6 Å². The monoisotopic (exact) mass is 443 g/mol. The molecule has 2 aromatic rings. The minimum absolute atomic E-state index is 0.0361. The largest absolute Gasteiger partial charge is 0.382 e. The molecule has 1 fully saturated rings. The molecule has 1 heterocycles. The minimum Gasteiger partial charge on any atom is -0.382 e. The van der Waals surface area contributed by atoms with Crippen molar-refractivity contribution in [1.29, 1.82) is 0 Å². The summed E-state index contributed by atoms with van der Waals surface area (Å²) in [5.41, 5.74) is 0.744. The summed E-state index contributed by atoms with van der Waals surface area (Å²) in [7, 11) is -3.76. The Bertz CT molecular complexity index is 1070. The summed E-state index contributed by atoms with van der Waals surface area (Å²) in [5.74, 6) is -0.808. The molecule has 0 saturated carbocycles. The average molecular weight is 444 g/mol. The summed E-state index contributed by atoms with van der Waals surface area (Å²) in [5, 5.41) is 0.344. The van der Waals surface area contributed by atoms with Gasteiger partial charge in [-0.2, -0.15) is 8.42 Å². The molecule has 1 saturated heterocycles. The van der Waals surface area contributed by atoms with E-state index in [9.17, 15) is 17.6 Å². The van der Waals surface area contributed by atoms with Crippen molar-refractivity contribution in [2.75, 3.05) is 11.2 Å². The van der Waals surface area contributed by atoms with Gasteiger partial charge in [0.15, 0.2) is 4.32 Å². The second-order valence-electron chi connectivity index (χ2n) is 5.46. The van der Waals surface area contributed by atoms with Crippen molar-refractivity contribution in [3.63, 3.8) is 0 Å². The maximum Gasteiger partial charge on any atom is 0.306 e. The third-order valence-electron chi connectivity index (χ3n) is 3.38. The fourth-order valence-electron chi connectivity index (χ4n) is 2.29. The highest BCUT2D eigenvalue weighted by Crippen LogP contribution is 2.37. The van der Waals surface area contributed by atoms with Crippen molar-refractivity contribution in [1.82, 2.24) is 0 Å². The Morgan fingerprint density at radius 2 is 1.89 bits per heavy atom. The Kier molecular flexibility index (Phi) is 5.57. The lowest BCUT2D eigenvalue weighted by Gasteiger charge is -2.14. The first-order valence-electron chi connectivity index (χ1n) is 7.36. The van der Waals surface area contributed by atoms with Crippen LogP contribution in [0.15, 0.2) is 47.4 Å². The highest BCUT2D eigenvalue weighted by Gasteiger charge is 2.33. The van der Waals surface area contributed by atoms with Crippen molar-refractivity contribution >= 4 is 67.7 Å². The van der Waals surface area contributed by atoms with E-state index in [1.807, 2.05) is 0 Å². The van der Waals surface area contributed by atoms with Gasteiger partial charge >= 0.3 is 10.1 Å². The van der Waals surface area contributed by atoms with Crippen molar-refractivity contribution in [2.45, 2.75) is 0 Å². The molecule has 0 aromatic heterocycles. The summed E-state index contributed by atoms with van der Waals surface area (Å²) < 4.78 is 41.2. The number of amides is 1. The summed E-state index contributed by atoms with van der Waals surface area (Å²) in [4.78, 5) is 14.3. The van der Waals surface area contributed by atoms with Gasteiger partial charge in [-0.1, -0.05) is 35.6 Å². The van der Waals surface area contributed by atoms with E-state index in [0.29, 0.717) is 16.3 Å².